The summed E-state index contributed by atoms with van der Waals surface area (Å²) in [5.41, 5.74) is 2.41. The van der Waals surface area contributed by atoms with Crippen molar-refractivity contribution in [2.45, 2.75) is 32.4 Å². The number of halogens is 1. The van der Waals surface area contributed by atoms with Crippen LogP contribution in [0, 0.1) is 0 Å². The number of furan rings is 1. The van der Waals surface area contributed by atoms with Gasteiger partial charge in [0.2, 0.25) is 0 Å². The number of aromatic nitrogens is 2. The highest BCUT2D eigenvalue weighted by Gasteiger charge is 2.25. The third kappa shape index (κ3) is 3.80. The van der Waals surface area contributed by atoms with Crippen LogP contribution < -0.4 is 10.6 Å². The molecule has 1 atom stereocenters. The number of ether oxygens (including phenoxy) is 1. The maximum absolute atomic E-state index is 12.6. The van der Waals surface area contributed by atoms with E-state index in [-0.39, 0.29) is 24.4 Å². The van der Waals surface area contributed by atoms with Gasteiger partial charge in [-0.2, -0.15) is 5.10 Å². The lowest BCUT2D eigenvalue weighted by Gasteiger charge is -2.17. The van der Waals surface area contributed by atoms with Crippen LogP contribution in [0.5, 0.6) is 0 Å². The van der Waals surface area contributed by atoms with Gasteiger partial charge in [0.15, 0.2) is 5.69 Å². The summed E-state index contributed by atoms with van der Waals surface area (Å²) in [5.74, 6) is 1.36. The van der Waals surface area contributed by atoms with E-state index in [0.717, 1.165) is 36.4 Å². The minimum Gasteiger partial charge on any atom is -0.464 e. The summed E-state index contributed by atoms with van der Waals surface area (Å²) in [5, 5.41) is 13.4. The Kier molecular flexibility index (Phi) is 6.42. The fourth-order valence-corrected chi connectivity index (χ4v) is 2.77. The molecule has 1 amide bonds. The number of fused-ring (bicyclic) bond motifs is 1. The standard InChI is InChI=1S/C16H22N4O3.ClH/c1-3-10-4-5-14(23-10)13(9-22-2)18-16(21)15-11-8-17-7-6-12(11)19-20-15;/h4-5,13,17H,3,6-9H2,1-2H3,(H,18,21)(H,19,20);1H. The Labute approximate surface area is 146 Å². The monoisotopic (exact) mass is 354 g/mol. The van der Waals surface area contributed by atoms with Crippen molar-refractivity contribution in [2.24, 2.45) is 0 Å². The van der Waals surface area contributed by atoms with E-state index >= 15 is 0 Å². The lowest BCUT2D eigenvalue weighted by Crippen LogP contribution is -2.33. The summed E-state index contributed by atoms with van der Waals surface area (Å²) in [6.07, 6.45) is 1.67. The first-order valence-electron chi connectivity index (χ1n) is 7.88. The summed E-state index contributed by atoms with van der Waals surface area (Å²) in [6.45, 7) is 3.92. The fourth-order valence-electron chi connectivity index (χ4n) is 2.77. The number of aromatic amines is 1. The van der Waals surface area contributed by atoms with Crippen LogP contribution in [0.1, 0.15) is 46.2 Å². The number of amides is 1. The number of H-pyrrole nitrogens is 1. The van der Waals surface area contributed by atoms with Crippen LogP contribution in [0.25, 0.3) is 0 Å². The van der Waals surface area contributed by atoms with Gasteiger partial charge < -0.3 is 19.8 Å². The maximum atomic E-state index is 12.6. The number of nitrogens with one attached hydrogen (secondary N) is 3. The summed E-state index contributed by atoms with van der Waals surface area (Å²) in [6, 6.07) is 3.46. The predicted octanol–water partition coefficient (Wildman–Crippen LogP) is 1.75. The average Bonchev–Trinajstić information content (AvgIpc) is 3.21. The molecule has 0 fully saturated rings. The van der Waals surface area contributed by atoms with E-state index in [1.54, 1.807) is 7.11 Å². The average molecular weight is 355 g/mol. The molecule has 0 radical (unpaired) electrons. The molecule has 132 valence electrons. The lowest BCUT2D eigenvalue weighted by atomic mass is 10.1. The second-order valence-corrected chi connectivity index (χ2v) is 5.60. The Balaban J connectivity index is 0.00000208. The smallest absolute Gasteiger partial charge is 0.272 e. The van der Waals surface area contributed by atoms with E-state index in [4.69, 9.17) is 9.15 Å². The Hall–Kier alpha value is -1.83. The number of rotatable bonds is 6. The molecule has 3 heterocycles. The molecule has 2 aromatic rings. The number of hydrogen-bond donors (Lipinski definition) is 3. The minimum absolute atomic E-state index is 0. The normalized spacial score (nSPS) is 14.6. The van der Waals surface area contributed by atoms with Crippen LogP contribution in [0.2, 0.25) is 0 Å². The zero-order valence-corrected chi connectivity index (χ0v) is 14.7. The molecule has 0 aromatic carbocycles. The first kappa shape index (κ1) is 18.5. The zero-order valence-electron chi connectivity index (χ0n) is 13.8. The second kappa shape index (κ2) is 8.32. The maximum Gasteiger partial charge on any atom is 0.272 e. The summed E-state index contributed by atoms with van der Waals surface area (Å²) < 4.78 is 11.0. The van der Waals surface area contributed by atoms with E-state index in [9.17, 15) is 4.79 Å². The molecule has 0 saturated heterocycles. The van der Waals surface area contributed by atoms with Gasteiger partial charge in [-0.15, -0.1) is 12.4 Å². The second-order valence-electron chi connectivity index (χ2n) is 5.60. The van der Waals surface area contributed by atoms with Gasteiger partial charge in [-0.25, -0.2) is 0 Å². The van der Waals surface area contributed by atoms with E-state index < -0.39 is 0 Å². The zero-order chi connectivity index (χ0) is 16.2. The Morgan fingerprint density at radius 2 is 2.33 bits per heavy atom. The van der Waals surface area contributed by atoms with E-state index in [2.05, 4.69) is 20.8 Å². The molecule has 1 aliphatic heterocycles. The summed E-state index contributed by atoms with van der Waals surface area (Å²) in [7, 11) is 1.60. The van der Waals surface area contributed by atoms with Crippen molar-refractivity contribution in [2.75, 3.05) is 20.3 Å². The number of aryl methyl sites for hydroxylation is 1. The first-order chi connectivity index (χ1) is 11.2. The molecule has 0 saturated carbocycles. The third-order valence-corrected chi connectivity index (χ3v) is 4.03. The Morgan fingerprint density at radius 1 is 1.50 bits per heavy atom. The Morgan fingerprint density at radius 3 is 3.04 bits per heavy atom. The van der Waals surface area contributed by atoms with Crippen molar-refractivity contribution < 1.29 is 13.9 Å². The highest BCUT2D eigenvalue weighted by molar-refractivity contribution is 5.94. The lowest BCUT2D eigenvalue weighted by molar-refractivity contribution is 0.0876. The minimum atomic E-state index is -0.336. The fraction of sp³-hybridized carbons (Fsp3) is 0.500. The number of carbonyl (C=O) groups excluding carboxylic acids is 1. The molecule has 1 unspecified atom stereocenters. The van der Waals surface area contributed by atoms with Gasteiger partial charge in [-0.05, 0) is 12.1 Å². The first-order valence-corrected chi connectivity index (χ1v) is 7.88. The number of nitrogens with zero attached hydrogens (tertiary/aromatic N) is 1. The van der Waals surface area contributed by atoms with Gasteiger partial charge in [0, 0.05) is 44.3 Å². The molecule has 8 heteroatoms. The highest BCUT2D eigenvalue weighted by Crippen LogP contribution is 2.20. The van der Waals surface area contributed by atoms with E-state index in [1.807, 2.05) is 19.1 Å². The predicted molar refractivity (Wildman–Crippen MR) is 91.4 cm³/mol. The van der Waals surface area contributed by atoms with Crippen molar-refractivity contribution in [1.29, 1.82) is 0 Å². The van der Waals surface area contributed by atoms with Crippen molar-refractivity contribution in [3.8, 4) is 0 Å². The Bertz CT molecular complexity index is 683. The van der Waals surface area contributed by atoms with Crippen molar-refractivity contribution in [1.82, 2.24) is 20.8 Å². The molecule has 2 aromatic heterocycles. The van der Waals surface area contributed by atoms with Gasteiger partial charge >= 0.3 is 0 Å². The van der Waals surface area contributed by atoms with Gasteiger partial charge in [-0.1, -0.05) is 6.92 Å². The molecule has 0 aliphatic carbocycles. The van der Waals surface area contributed by atoms with Gasteiger partial charge in [0.05, 0.1) is 6.61 Å². The quantitative estimate of drug-likeness (QED) is 0.735. The van der Waals surface area contributed by atoms with Gasteiger partial charge in [-0.3, -0.25) is 9.89 Å². The molecular formula is C16H23ClN4O3. The molecule has 1 aliphatic rings. The van der Waals surface area contributed by atoms with Gasteiger partial charge in [0.1, 0.15) is 17.6 Å². The van der Waals surface area contributed by atoms with Crippen LogP contribution in [0.3, 0.4) is 0 Å². The van der Waals surface area contributed by atoms with Crippen LogP contribution in [0.4, 0.5) is 0 Å². The summed E-state index contributed by atoms with van der Waals surface area (Å²) >= 11 is 0. The van der Waals surface area contributed by atoms with Crippen LogP contribution in [0.15, 0.2) is 16.5 Å². The largest absolute Gasteiger partial charge is 0.464 e. The molecule has 7 nitrogen and oxygen atoms in total. The van der Waals surface area contributed by atoms with Crippen molar-refractivity contribution >= 4 is 18.3 Å². The number of methoxy groups -OCH3 is 1. The summed E-state index contributed by atoms with van der Waals surface area (Å²) in [4.78, 5) is 12.6. The SMILES string of the molecule is CCc1ccc(C(COC)NC(=O)c2n[nH]c3c2CNCC3)o1.Cl. The van der Waals surface area contributed by atoms with E-state index in [1.165, 1.54) is 0 Å². The molecule has 0 spiro atoms. The molecule has 24 heavy (non-hydrogen) atoms. The molecule has 3 rings (SSSR count). The van der Waals surface area contributed by atoms with E-state index in [0.29, 0.717) is 24.6 Å². The molecule has 0 bridgehead atoms. The highest BCUT2D eigenvalue weighted by atomic mass is 35.5. The van der Waals surface area contributed by atoms with Gasteiger partial charge in [0.25, 0.3) is 5.91 Å². The van der Waals surface area contributed by atoms with Crippen molar-refractivity contribution in [3.63, 3.8) is 0 Å². The van der Waals surface area contributed by atoms with Crippen LogP contribution in [-0.2, 0) is 24.1 Å². The van der Waals surface area contributed by atoms with Crippen molar-refractivity contribution in [3.05, 3.63) is 40.6 Å². The topological polar surface area (TPSA) is 92.2 Å². The third-order valence-electron chi connectivity index (χ3n) is 4.03. The number of hydrogen-bond acceptors (Lipinski definition) is 5. The van der Waals surface area contributed by atoms with Crippen LogP contribution >= 0.6 is 12.4 Å². The van der Waals surface area contributed by atoms with Crippen LogP contribution in [-0.4, -0.2) is 36.4 Å². The number of carbonyl (C=O) groups is 1. The molecule has 3 N–H and O–H groups in total. The molecular weight excluding hydrogens is 332 g/mol.